The van der Waals surface area contributed by atoms with Gasteiger partial charge in [-0.1, -0.05) is 6.07 Å². The molecule has 0 aliphatic carbocycles. The second kappa shape index (κ2) is 9.98. The van der Waals surface area contributed by atoms with Crippen LogP contribution in [-0.2, 0) is 18.0 Å². The van der Waals surface area contributed by atoms with Crippen molar-refractivity contribution in [3.8, 4) is 11.1 Å². The fourth-order valence-corrected chi connectivity index (χ4v) is 4.65. The first kappa shape index (κ1) is 27.7. The number of benzene rings is 2. The topological polar surface area (TPSA) is 87.4 Å². The molecule has 0 bridgehead atoms. The van der Waals surface area contributed by atoms with Crippen molar-refractivity contribution in [2.75, 3.05) is 12.3 Å². The third kappa shape index (κ3) is 4.56. The maximum absolute atomic E-state index is 14.5. The zero-order valence-corrected chi connectivity index (χ0v) is 21.8. The monoisotopic (exact) mass is 573 g/mol. The largest absolute Gasteiger partial charge is 0.501 e. The number of nitrogens with zero attached hydrogens (tertiary/aromatic N) is 4. The van der Waals surface area contributed by atoms with Gasteiger partial charge in [0.15, 0.2) is 23.3 Å². The summed E-state index contributed by atoms with van der Waals surface area (Å²) in [6, 6.07) is 4.73. The molecule has 7 nitrogen and oxygen atoms in total. The molecule has 2 N–H and O–H groups in total. The van der Waals surface area contributed by atoms with Crippen LogP contribution in [0.15, 0.2) is 42.8 Å². The molecule has 0 fully saturated rings. The minimum Gasteiger partial charge on any atom is -0.501 e. The second-order valence-electron chi connectivity index (χ2n) is 9.10. The summed E-state index contributed by atoms with van der Waals surface area (Å²) in [7, 11) is 1.57. The van der Waals surface area contributed by atoms with Gasteiger partial charge in [-0.25, -0.2) is 23.1 Å². The molecule has 41 heavy (non-hydrogen) atoms. The van der Waals surface area contributed by atoms with Crippen molar-refractivity contribution in [1.82, 2.24) is 18.9 Å². The van der Waals surface area contributed by atoms with E-state index in [1.165, 1.54) is 39.6 Å². The molecule has 5 aromatic rings. The lowest BCUT2D eigenvalue weighted by Gasteiger charge is -2.17. The van der Waals surface area contributed by atoms with Crippen molar-refractivity contribution in [2.24, 2.45) is 7.05 Å². The predicted octanol–water partition coefficient (Wildman–Crippen LogP) is 6.45. The van der Waals surface area contributed by atoms with Gasteiger partial charge in [-0.15, -0.1) is 0 Å². The lowest BCUT2D eigenvalue weighted by atomic mass is 9.95. The highest BCUT2D eigenvalue weighted by atomic mass is 19.4. The molecule has 0 aliphatic rings. The SMILES string of the molecule is CCO/C=C/c1nc(C(=O)c2cc(F)c(F)c(F)c2)n2cccc(-c3c(C(F)(F)F)cc4c(nc(C)n4C)c3N)c12. The Morgan fingerprint density at radius 2 is 1.80 bits per heavy atom. The van der Waals surface area contributed by atoms with E-state index < -0.39 is 51.9 Å². The Bertz CT molecular complexity index is 1860. The minimum absolute atomic E-state index is 0.00489. The number of hydrogen-bond acceptors (Lipinski definition) is 5. The van der Waals surface area contributed by atoms with Gasteiger partial charge in [-0.3, -0.25) is 9.20 Å². The van der Waals surface area contributed by atoms with Crippen LogP contribution in [0.2, 0.25) is 0 Å². The van der Waals surface area contributed by atoms with E-state index in [1.54, 1.807) is 20.9 Å². The first-order valence-corrected chi connectivity index (χ1v) is 12.2. The Morgan fingerprint density at radius 3 is 2.44 bits per heavy atom. The van der Waals surface area contributed by atoms with Crippen LogP contribution in [0.5, 0.6) is 0 Å². The van der Waals surface area contributed by atoms with Gasteiger partial charge in [-0.05, 0) is 38.1 Å². The van der Waals surface area contributed by atoms with E-state index in [9.17, 15) is 31.1 Å². The van der Waals surface area contributed by atoms with Gasteiger partial charge in [0.05, 0.1) is 40.8 Å². The molecule has 0 amide bonds. The molecule has 3 heterocycles. The van der Waals surface area contributed by atoms with Gasteiger partial charge in [-0.2, -0.15) is 13.2 Å². The number of pyridine rings is 1. The first-order valence-electron chi connectivity index (χ1n) is 12.2. The van der Waals surface area contributed by atoms with Gasteiger partial charge in [0.25, 0.3) is 0 Å². The number of carbonyl (C=O) groups is 1. The quantitative estimate of drug-likeness (QED) is 0.0829. The number of hydrogen-bond donors (Lipinski definition) is 1. The standard InChI is InChI=1S/C28H21F6N5O2/c1-4-41-9-7-19-25-15(21-16(28(32,33)34)12-20-24(23(21)35)36-13(2)38(20)3)6-5-8-39(25)27(37-19)26(40)14-10-17(29)22(31)18(30)11-14/h5-12H,4,35H2,1-3H3/b9-7+. The average molecular weight is 573 g/mol. The van der Waals surface area contributed by atoms with E-state index in [0.717, 1.165) is 6.07 Å². The van der Waals surface area contributed by atoms with E-state index in [2.05, 4.69) is 9.97 Å². The van der Waals surface area contributed by atoms with E-state index in [-0.39, 0.29) is 40.1 Å². The summed E-state index contributed by atoms with van der Waals surface area (Å²) in [5.74, 6) is -5.91. The van der Waals surface area contributed by atoms with Gasteiger partial charge >= 0.3 is 6.18 Å². The molecule has 3 aromatic heterocycles. The van der Waals surface area contributed by atoms with Crippen molar-refractivity contribution < 1.29 is 35.9 Å². The zero-order chi connectivity index (χ0) is 29.8. The van der Waals surface area contributed by atoms with E-state index in [0.29, 0.717) is 18.0 Å². The molecule has 13 heteroatoms. The number of nitrogens with two attached hydrogens (primary N) is 1. The second-order valence-corrected chi connectivity index (χ2v) is 9.10. The summed E-state index contributed by atoms with van der Waals surface area (Å²) in [4.78, 5) is 22.0. The minimum atomic E-state index is -4.84. The summed E-state index contributed by atoms with van der Waals surface area (Å²) in [5, 5.41) is 0. The van der Waals surface area contributed by atoms with Crippen LogP contribution in [-0.4, -0.2) is 31.3 Å². The van der Waals surface area contributed by atoms with Crippen molar-refractivity contribution in [3.63, 3.8) is 0 Å². The highest BCUT2D eigenvalue weighted by molar-refractivity contribution is 6.09. The number of ketones is 1. The van der Waals surface area contributed by atoms with Gasteiger partial charge in [0, 0.05) is 36.0 Å². The van der Waals surface area contributed by atoms with Crippen LogP contribution < -0.4 is 5.73 Å². The van der Waals surface area contributed by atoms with E-state index >= 15 is 0 Å². The molecule has 0 unspecified atom stereocenters. The van der Waals surface area contributed by atoms with Crippen molar-refractivity contribution in [2.45, 2.75) is 20.0 Å². The molecule has 5 rings (SSSR count). The highest BCUT2D eigenvalue weighted by Gasteiger charge is 2.37. The number of carbonyl (C=O) groups excluding carboxylic acids is 1. The lowest BCUT2D eigenvalue weighted by molar-refractivity contribution is -0.137. The maximum Gasteiger partial charge on any atom is 0.417 e. The number of nitrogen functional groups attached to an aromatic ring is 1. The van der Waals surface area contributed by atoms with Crippen molar-refractivity contribution >= 4 is 34.1 Å². The number of halogens is 6. The smallest absolute Gasteiger partial charge is 0.417 e. The summed E-state index contributed by atoms with van der Waals surface area (Å²) in [5.41, 5.74) is 4.43. The molecule has 0 radical (unpaired) electrons. The maximum atomic E-state index is 14.5. The van der Waals surface area contributed by atoms with Crippen LogP contribution in [0.3, 0.4) is 0 Å². The van der Waals surface area contributed by atoms with Crippen molar-refractivity contribution in [3.05, 3.63) is 88.7 Å². The zero-order valence-electron chi connectivity index (χ0n) is 21.8. The van der Waals surface area contributed by atoms with Crippen LogP contribution in [0.4, 0.5) is 32.0 Å². The Hall–Kier alpha value is -4.81. The molecule has 212 valence electrons. The number of aryl methyl sites for hydroxylation is 2. The van der Waals surface area contributed by atoms with Gasteiger partial charge < -0.3 is 15.0 Å². The number of rotatable bonds is 6. The molecule has 2 aromatic carbocycles. The van der Waals surface area contributed by atoms with E-state index in [4.69, 9.17) is 10.5 Å². The van der Waals surface area contributed by atoms with E-state index in [1.807, 2.05) is 0 Å². The molecule has 0 aliphatic heterocycles. The van der Waals surface area contributed by atoms with Crippen LogP contribution in [0, 0.1) is 24.4 Å². The Balaban J connectivity index is 1.86. The van der Waals surface area contributed by atoms with Crippen LogP contribution in [0.1, 0.15) is 40.2 Å². The Labute approximate surface area is 228 Å². The predicted molar refractivity (Wildman–Crippen MR) is 139 cm³/mol. The number of aromatic nitrogens is 4. The van der Waals surface area contributed by atoms with Gasteiger partial charge in [0.2, 0.25) is 5.78 Å². The molecule has 0 spiro atoms. The van der Waals surface area contributed by atoms with Gasteiger partial charge in [0.1, 0.15) is 11.3 Å². The van der Waals surface area contributed by atoms with Crippen molar-refractivity contribution in [1.29, 1.82) is 0 Å². The third-order valence-electron chi connectivity index (χ3n) is 6.64. The number of ether oxygens (including phenoxy) is 1. The fourth-order valence-electron chi connectivity index (χ4n) is 4.65. The Kier molecular flexibility index (Phi) is 6.76. The Morgan fingerprint density at radius 1 is 1.12 bits per heavy atom. The number of anilines is 1. The molecular formula is C28H21F6N5O2. The molecular weight excluding hydrogens is 552 g/mol. The third-order valence-corrected chi connectivity index (χ3v) is 6.64. The molecule has 0 saturated heterocycles. The summed E-state index contributed by atoms with van der Waals surface area (Å²) in [6.07, 6.45) is -0.923. The molecule has 0 atom stereocenters. The fraction of sp³-hybridized carbons (Fsp3) is 0.179. The summed E-state index contributed by atoms with van der Waals surface area (Å²) >= 11 is 0. The lowest BCUT2D eigenvalue weighted by Crippen LogP contribution is -2.11. The molecule has 0 saturated carbocycles. The number of imidazole rings is 2. The first-order chi connectivity index (χ1) is 19.3. The normalized spacial score (nSPS) is 12.2. The summed E-state index contributed by atoms with van der Waals surface area (Å²) < 4.78 is 92.8. The van der Waals surface area contributed by atoms with Crippen LogP contribution >= 0.6 is 0 Å². The van der Waals surface area contributed by atoms with Crippen LogP contribution in [0.25, 0.3) is 33.8 Å². The number of alkyl halides is 3. The summed E-state index contributed by atoms with van der Waals surface area (Å²) in [6.45, 7) is 3.59. The number of fused-ring (bicyclic) bond motifs is 2. The average Bonchev–Trinajstić information content (AvgIpc) is 3.43. The highest BCUT2D eigenvalue weighted by Crippen LogP contribution is 2.45.